The van der Waals surface area contributed by atoms with Crippen LogP contribution < -0.4 is 5.32 Å². The minimum Gasteiger partial charge on any atom is -0.465 e. The highest BCUT2D eigenvalue weighted by molar-refractivity contribution is 5.92. The highest BCUT2D eigenvalue weighted by atomic mass is 16.5. The maximum Gasteiger partial charge on any atom is 0.325 e. The monoisotopic (exact) mass is 187 g/mol. The first-order valence-corrected chi connectivity index (χ1v) is 4.30. The summed E-state index contributed by atoms with van der Waals surface area (Å²) in [5.74, 6) is -0.777. The molecule has 1 saturated heterocycles. The van der Waals surface area contributed by atoms with Crippen molar-refractivity contribution in [2.24, 2.45) is 0 Å². The van der Waals surface area contributed by atoms with Gasteiger partial charge in [0.05, 0.1) is 13.2 Å². The van der Waals surface area contributed by atoms with Crippen LogP contribution in [0.4, 0.5) is 0 Å². The Labute approximate surface area is 76.4 Å². The van der Waals surface area contributed by atoms with Gasteiger partial charge in [-0.2, -0.15) is 0 Å². The summed E-state index contributed by atoms with van der Waals surface area (Å²) in [4.78, 5) is 22.1. The lowest BCUT2D eigenvalue weighted by atomic mass is 10.3. The van der Waals surface area contributed by atoms with E-state index in [0.717, 1.165) is 0 Å². The predicted octanol–water partition coefficient (Wildman–Crippen LogP) is -0.547. The zero-order chi connectivity index (χ0) is 9.84. The fourth-order valence-electron chi connectivity index (χ4n) is 1.01. The SMILES string of the molecule is CCOC(=O)[C@H]1N[C@@H]1C(=O)OCC. The third-order valence-electron chi connectivity index (χ3n) is 1.66. The summed E-state index contributed by atoms with van der Waals surface area (Å²) in [6.45, 7) is 4.10. The van der Waals surface area contributed by atoms with Crippen LogP contribution in [0.15, 0.2) is 0 Å². The number of ether oxygens (including phenoxy) is 2. The Hall–Kier alpha value is -1.10. The Morgan fingerprint density at radius 1 is 1.08 bits per heavy atom. The zero-order valence-corrected chi connectivity index (χ0v) is 7.70. The molecular formula is C8H13NO4. The van der Waals surface area contributed by atoms with Gasteiger partial charge in [-0.1, -0.05) is 0 Å². The van der Waals surface area contributed by atoms with Gasteiger partial charge in [-0.05, 0) is 13.8 Å². The quantitative estimate of drug-likeness (QED) is 0.472. The molecule has 0 unspecified atom stereocenters. The van der Waals surface area contributed by atoms with Gasteiger partial charge in [0.25, 0.3) is 0 Å². The number of esters is 2. The van der Waals surface area contributed by atoms with E-state index >= 15 is 0 Å². The first-order valence-electron chi connectivity index (χ1n) is 4.30. The number of carbonyl (C=O) groups excluding carboxylic acids is 2. The average Bonchev–Trinajstić information content (AvgIpc) is 2.84. The number of hydrogen-bond donors (Lipinski definition) is 1. The topological polar surface area (TPSA) is 74.5 Å². The molecule has 0 aromatic carbocycles. The van der Waals surface area contributed by atoms with Crippen LogP contribution in [0.25, 0.3) is 0 Å². The fraction of sp³-hybridized carbons (Fsp3) is 0.750. The summed E-state index contributed by atoms with van der Waals surface area (Å²) in [7, 11) is 0. The van der Waals surface area contributed by atoms with Crippen molar-refractivity contribution < 1.29 is 19.1 Å². The summed E-state index contributed by atoms with van der Waals surface area (Å²) < 4.78 is 9.43. The molecule has 0 radical (unpaired) electrons. The molecular weight excluding hydrogens is 174 g/mol. The lowest BCUT2D eigenvalue weighted by molar-refractivity contribution is -0.147. The van der Waals surface area contributed by atoms with Crippen LogP contribution in [0, 0.1) is 0 Å². The second-order valence-corrected chi connectivity index (χ2v) is 2.63. The van der Waals surface area contributed by atoms with Gasteiger partial charge in [0.1, 0.15) is 12.1 Å². The van der Waals surface area contributed by atoms with Crippen LogP contribution in [-0.4, -0.2) is 37.2 Å². The largest absolute Gasteiger partial charge is 0.465 e. The molecule has 2 atom stereocenters. The van der Waals surface area contributed by atoms with Gasteiger partial charge in [-0.25, -0.2) is 0 Å². The molecule has 0 saturated carbocycles. The predicted molar refractivity (Wildman–Crippen MR) is 44.0 cm³/mol. The summed E-state index contributed by atoms with van der Waals surface area (Å²) in [6.07, 6.45) is 0. The van der Waals surface area contributed by atoms with Gasteiger partial charge >= 0.3 is 11.9 Å². The average molecular weight is 187 g/mol. The Balaban J connectivity index is 2.29. The van der Waals surface area contributed by atoms with Gasteiger partial charge in [0.2, 0.25) is 0 Å². The van der Waals surface area contributed by atoms with Crippen LogP contribution >= 0.6 is 0 Å². The molecule has 1 N–H and O–H groups in total. The number of hydrogen-bond acceptors (Lipinski definition) is 5. The molecule has 13 heavy (non-hydrogen) atoms. The van der Waals surface area contributed by atoms with E-state index in [1.165, 1.54) is 0 Å². The number of carbonyl (C=O) groups is 2. The molecule has 5 nitrogen and oxygen atoms in total. The van der Waals surface area contributed by atoms with Crippen LogP contribution in [-0.2, 0) is 19.1 Å². The van der Waals surface area contributed by atoms with Crippen LogP contribution in [0.3, 0.4) is 0 Å². The van der Waals surface area contributed by atoms with Gasteiger partial charge in [0.15, 0.2) is 0 Å². The van der Waals surface area contributed by atoms with Gasteiger partial charge in [0, 0.05) is 0 Å². The van der Waals surface area contributed by atoms with Crippen molar-refractivity contribution in [2.75, 3.05) is 13.2 Å². The van der Waals surface area contributed by atoms with E-state index in [2.05, 4.69) is 5.32 Å². The Morgan fingerprint density at radius 3 is 1.77 bits per heavy atom. The van der Waals surface area contributed by atoms with Crippen LogP contribution in [0.5, 0.6) is 0 Å². The van der Waals surface area contributed by atoms with Crippen molar-refractivity contribution in [1.29, 1.82) is 0 Å². The first-order chi connectivity index (χ1) is 6.20. The minimum atomic E-state index is -0.501. The third kappa shape index (κ3) is 2.42. The molecule has 5 heteroatoms. The molecule has 1 heterocycles. The second kappa shape index (κ2) is 4.23. The number of nitrogens with one attached hydrogen (secondary N) is 1. The van der Waals surface area contributed by atoms with Crippen molar-refractivity contribution in [3.63, 3.8) is 0 Å². The standard InChI is InChI=1S/C8H13NO4/c1-3-12-7(10)5-6(9-5)8(11)13-4-2/h5-6,9H,3-4H2,1-2H3/t5-,6-/m0/s1. The minimum absolute atomic E-state index is 0.326. The van der Waals surface area contributed by atoms with Crippen molar-refractivity contribution in [3.05, 3.63) is 0 Å². The van der Waals surface area contributed by atoms with E-state index in [1.54, 1.807) is 13.8 Å². The molecule has 1 aliphatic heterocycles. The highest BCUT2D eigenvalue weighted by Crippen LogP contribution is 2.14. The van der Waals surface area contributed by atoms with Crippen LogP contribution in [0.2, 0.25) is 0 Å². The van der Waals surface area contributed by atoms with E-state index in [-0.39, 0.29) is 11.9 Å². The Morgan fingerprint density at radius 2 is 1.46 bits per heavy atom. The lowest BCUT2D eigenvalue weighted by Crippen LogP contribution is -2.20. The first kappa shape index (κ1) is 9.98. The second-order valence-electron chi connectivity index (χ2n) is 2.63. The molecule has 0 aromatic rings. The van der Waals surface area contributed by atoms with E-state index in [0.29, 0.717) is 13.2 Å². The summed E-state index contributed by atoms with van der Waals surface area (Å²) in [6, 6.07) is -1.00. The molecule has 0 spiro atoms. The van der Waals surface area contributed by atoms with Gasteiger partial charge in [-0.3, -0.25) is 14.9 Å². The smallest absolute Gasteiger partial charge is 0.325 e. The lowest BCUT2D eigenvalue weighted by Gasteiger charge is -1.99. The van der Waals surface area contributed by atoms with Crippen molar-refractivity contribution >= 4 is 11.9 Å². The van der Waals surface area contributed by atoms with Crippen molar-refractivity contribution in [3.8, 4) is 0 Å². The molecule has 1 rings (SSSR count). The number of rotatable bonds is 4. The summed E-state index contributed by atoms with van der Waals surface area (Å²) in [5.41, 5.74) is 0. The molecule has 0 aliphatic carbocycles. The maximum absolute atomic E-state index is 11.0. The van der Waals surface area contributed by atoms with Gasteiger partial charge in [-0.15, -0.1) is 0 Å². The van der Waals surface area contributed by atoms with E-state index < -0.39 is 12.1 Å². The van der Waals surface area contributed by atoms with E-state index in [1.807, 2.05) is 0 Å². The Kier molecular flexibility index (Phi) is 3.25. The Bertz CT molecular complexity index is 194. The molecule has 1 aliphatic rings. The van der Waals surface area contributed by atoms with Crippen LogP contribution in [0.1, 0.15) is 13.8 Å². The maximum atomic E-state index is 11.0. The molecule has 0 bridgehead atoms. The molecule has 74 valence electrons. The normalized spacial score (nSPS) is 25.1. The molecule has 1 fully saturated rings. The van der Waals surface area contributed by atoms with E-state index in [9.17, 15) is 9.59 Å². The fourth-order valence-corrected chi connectivity index (χ4v) is 1.01. The van der Waals surface area contributed by atoms with Gasteiger partial charge < -0.3 is 9.47 Å². The summed E-state index contributed by atoms with van der Waals surface area (Å²) >= 11 is 0. The molecule has 0 aromatic heterocycles. The van der Waals surface area contributed by atoms with E-state index in [4.69, 9.17) is 9.47 Å². The third-order valence-corrected chi connectivity index (χ3v) is 1.66. The summed E-state index contributed by atoms with van der Waals surface area (Å²) in [5, 5.41) is 2.69. The molecule has 0 amide bonds. The highest BCUT2D eigenvalue weighted by Gasteiger charge is 2.49. The van der Waals surface area contributed by atoms with Crippen molar-refractivity contribution in [1.82, 2.24) is 5.32 Å². The van der Waals surface area contributed by atoms with Crippen molar-refractivity contribution in [2.45, 2.75) is 25.9 Å². The zero-order valence-electron chi connectivity index (χ0n) is 7.70.